The second-order valence-electron chi connectivity index (χ2n) is 4.27. The first kappa shape index (κ1) is 14.4. The lowest BCUT2D eigenvalue weighted by Crippen LogP contribution is -2.50. The third-order valence-electron chi connectivity index (χ3n) is 2.74. The zero-order valence-corrected chi connectivity index (χ0v) is 11.3. The van der Waals surface area contributed by atoms with Gasteiger partial charge in [0.15, 0.2) is 0 Å². The number of rotatable bonds is 7. The summed E-state index contributed by atoms with van der Waals surface area (Å²) in [5.41, 5.74) is 0. The molecule has 1 atom stereocenters. The molecule has 98 valence electrons. The van der Waals surface area contributed by atoms with Crippen LogP contribution in [0.4, 0.5) is 0 Å². The summed E-state index contributed by atoms with van der Waals surface area (Å²) in [4.78, 5) is 23.0. The van der Waals surface area contributed by atoms with Crippen molar-refractivity contribution >= 4 is 23.6 Å². The van der Waals surface area contributed by atoms with Crippen LogP contribution >= 0.6 is 11.8 Å². The molecule has 1 heterocycles. The maximum atomic E-state index is 11.6. The van der Waals surface area contributed by atoms with Crippen molar-refractivity contribution in [3.05, 3.63) is 0 Å². The van der Waals surface area contributed by atoms with Crippen molar-refractivity contribution in [2.24, 2.45) is 0 Å². The normalized spacial score (nSPS) is 19.8. The van der Waals surface area contributed by atoms with Crippen LogP contribution in [0.2, 0.25) is 0 Å². The fourth-order valence-corrected chi connectivity index (χ4v) is 2.72. The van der Waals surface area contributed by atoms with Crippen LogP contribution in [0.15, 0.2) is 0 Å². The van der Waals surface area contributed by atoms with E-state index in [0.717, 1.165) is 30.9 Å². The van der Waals surface area contributed by atoms with Gasteiger partial charge in [-0.05, 0) is 25.0 Å². The Hall–Kier alpha value is -0.710. The van der Waals surface area contributed by atoms with Crippen molar-refractivity contribution in [1.29, 1.82) is 0 Å². The highest BCUT2D eigenvalue weighted by Crippen LogP contribution is 2.07. The SMILES string of the molecule is CCCCSCCC(=O)NC1CCCNC1=O. The standard InChI is InChI=1S/C12H22N2O2S/c1-2-3-8-17-9-6-11(15)14-10-5-4-7-13-12(10)16/h10H,2-9H2,1H3,(H,13,16)(H,14,15). The van der Waals surface area contributed by atoms with Crippen molar-refractivity contribution in [3.8, 4) is 0 Å². The maximum absolute atomic E-state index is 11.6. The van der Waals surface area contributed by atoms with E-state index in [0.29, 0.717) is 6.42 Å². The summed E-state index contributed by atoms with van der Waals surface area (Å²) in [6.07, 6.45) is 4.62. The topological polar surface area (TPSA) is 58.2 Å². The zero-order chi connectivity index (χ0) is 12.5. The van der Waals surface area contributed by atoms with Crippen molar-refractivity contribution in [1.82, 2.24) is 10.6 Å². The molecule has 1 saturated heterocycles. The predicted octanol–water partition coefficient (Wildman–Crippen LogP) is 1.30. The van der Waals surface area contributed by atoms with Gasteiger partial charge in [-0.3, -0.25) is 9.59 Å². The molecule has 1 aliphatic heterocycles. The Morgan fingerprint density at radius 2 is 2.35 bits per heavy atom. The summed E-state index contributed by atoms with van der Waals surface area (Å²) >= 11 is 1.81. The van der Waals surface area contributed by atoms with Crippen LogP contribution in [0, 0.1) is 0 Å². The molecule has 0 saturated carbocycles. The number of thioether (sulfide) groups is 1. The van der Waals surface area contributed by atoms with Crippen molar-refractivity contribution < 1.29 is 9.59 Å². The average Bonchev–Trinajstić information content (AvgIpc) is 2.32. The largest absolute Gasteiger partial charge is 0.354 e. The average molecular weight is 258 g/mol. The molecule has 1 rings (SSSR count). The van der Waals surface area contributed by atoms with E-state index in [4.69, 9.17) is 0 Å². The number of piperidine rings is 1. The van der Waals surface area contributed by atoms with E-state index in [1.54, 1.807) is 0 Å². The summed E-state index contributed by atoms with van der Waals surface area (Å²) in [6, 6.07) is -0.308. The Bertz CT molecular complexity index is 259. The summed E-state index contributed by atoms with van der Waals surface area (Å²) < 4.78 is 0. The smallest absolute Gasteiger partial charge is 0.242 e. The molecule has 1 fully saturated rings. The third-order valence-corrected chi connectivity index (χ3v) is 3.81. The Morgan fingerprint density at radius 1 is 1.53 bits per heavy atom. The zero-order valence-electron chi connectivity index (χ0n) is 10.5. The summed E-state index contributed by atoms with van der Waals surface area (Å²) in [7, 11) is 0. The highest BCUT2D eigenvalue weighted by atomic mass is 32.2. The van der Waals surface area contributed by atoms with Crippen LogP contribution in [-0.4, -0.2) is 35.9 Å². The van der Waals surface area contributed by atoms with E-state index in [1.165, 1.54) is 12.8 Å². The molecule has 1 unspecified atom stereocenters. The minimum atomic E-state index is -0.308. The second-order valence-corrected chi connectivity index (χ2v) is 5.49. The van der Waals surface area contributed by atoms with Gasteiger partial charge in [0.05, 0.1) is 0 Å². The molecule has 0 aliphatic carbocycles. The molecule has 0 aromatic rings. The minimum Gasteiger partial charge on any atom is -0.354 e. The van der Waals surface area contributed by atoms with Gasteiger partial charge in [0.25, 0.3) is 0 Å². The molecular weight excluding hydrogens is 236 g/mol. The monoisotopic (exact) mass is 258 g/mol. The lowest BCUT2D eigenvalue weighted by Gasteiger charge is -2.22. The Kier molecular flexibility index (Phi) is 7.08. The van der Waals surface area contributed by atoms with E-state index in [-0.39, 0.29) is 17.9 Å². The van der Waals surface area contributed by atoms with Crippen LogP contribution in [0.25, 0.3) is 0 Å². The molecule has 5 heteroatoms. The highest BCUT2D eigenvalue weighted by molar-refractivity contribution is 7.99. The van der Waals surface area contributed by atoms with Crippen molar-refractivity contribution in [2.45, 2.75) is 45.1 Å². The maximum Gasteiger partial charge on any atom is 0.242 e. The van der Waals surface area contributed by atoms with Crippen LogP contribution in [0.3, 0.4) is 0 Å². The molecule has 0 spiro atoms. The summed E-state index contributed by atoms with van der Waals surface area (Å²) in [5.74, 6) is 1.92. The van der Waals surface area contributed by atoms with Crippen LogP contribution < -0.4 is 10.6 Å². The minimum absolute atomic E-state index is 0.00366. The Balaban J connectivity index is 2.09. The fraction of sp³-hybridized carbons (Fsp3) is 0.833. The molecule has 0 aromatic carbocycles. The summed E-state index contributed by atoms with van der Waals surface area (Å²) in [6.45, 7) is 2.90. The van der Waals surface area contributed by atoms with Gasteiger partial charge in [0, 0.05) is 18.7 Å². The first-order chi connectivity index (χ1) is 8.24. The number of nitrogens with one attached hydrogen (secondary N) is 2. The molecule has 1 aliphatic rings. The Morgan fingerprint density at radius 3 is 3.06 bits per heavy atom. The van der Waals surface area contributed by atoms with Gasteiger partial charge in [-0.15, -0.1) is 0 Å². The number of hydrogen-bond donors (Lipinski definition) is 2. The molecule has 2 amide bonds. The predicted molar refractivity (Wildman–Crippen MR) is 71.0 cm³/mol. The Labute approximate surface area is 107 Å². The van der Waals surface area contributed by atoms with Crippen molar-refractivity contribution in [3.63, 3.8) is 0 Å². The number of carbonyl (C=O) groups is 2. The highest BCUT2D eigenvalue weighted by Gasteiger charge is 2.22. The third kappa shape index (κ3) is 5.96. The quantitative estimate of drug-likeness (QED) is 0.677. The van der Waals surface area contributed by atoms with Crippen LogP contribution in [0.1, 0.15) is 39.0 Å². The number of hydrogen-bond acceptors (Lipinski definition) is 3. The molecule has 17 heavy (non-hydrogen) atoms. The number of carbonyl (C=O) groups excluding carboxylic acids is 2. The van der Waals surface area contributed by atoms with Gasteiger partial charge >= 0.3 is 0 Å². The van der Waals surface area contributed by atoms with E-state index in [2.05, 4.69) is 17.6 Å². The molecule has 0 radical (unpaired) electrons. The molecular formula is C12H22N2O2S. The first-order valence-corrected chi connectivity index (χ1v) is 7.54. The van der Waals surface area contributed by atoms with Gasteiger partial charge in [0.2, 0.25) is 11.8 Å². The second kappa shape index (κ2) is 8.39. The van der Waals surface area contributed by atoms with E-state index in [9.17, 15) is 9.59 Å². The van der Waals surface area contributed by atoms with Crippen molar-refractivity contribution in [2.75, 3.05) is 18.1 Å². The lowest BCUT2D eigenvalue weighted by molar-refractivity contribution is -0.129. The van der Waals surface area contributed by atoms with Crippen LogP contribution in [-0.2, 0) is 9.59 Å². The van der Waals surface area contributed by atoms with Gasteiger partial charge in [-0.1, -0.05) is 13.3 Å². The van der Waals surface area contributed by atoms with Gasteiger partial charge < -0.3 is 10.6 Å². The molecule has 0 bridgehead atoms. The van der Waals surface area contributed by atoms with Gasteiger partial charge in [0.1, 0.15) is 6.04 Å². The van der Waals surface area contributed by atoms with E-state index < -0.39 is 0 Å². The van der Waals surface area contributed by atoms with E-state index >= 15 is 0 Å². The lowest BCUT2D eigenvalue weighted by atomic mass is 10.1. The van der Waals surface area contributed by atoms with Gasteiger partial charge in [-0.25, -0.2) is 0 Å². The first-order valence-electron chi connectivity index (χ1n) is 6.39. The van der Waals surface area contributed by atoms with Gasteiger partial charge in [-0.2, -0.15) is 11.8 Å². The number of unbranched alkanes of at least 4 members (excludes halogenated alkanes) is 1. The summed E-state index contributed by atoms with van der Waals surface area (Å²) in [5, 5.41) is 5.56. The molecule has 0 aromatic heterocycles. The molecule has 4 nitrogen and oxygen atoms in total. The molecule has 2 N–H and O–H groups in total. The number of amides is 2. The van der Waals surface area contributed by atoms with Crippen LogP contribution in [0.5, 0.6) is 0 Å². The van der Waals surface area contributed by atoms with E-state index in [1.807, 2.05) is 11.8 Å². The fourth-order valence-electron chi connectivity index (χ4n) is 1.69.